The lowest BCUT2D eigenvalue weighted by Gasteiger charge is -2.33. The van der Waals surface area contributed by atoms with Gasteiger partial charge >= 0.3 is 0 Å². The van der Waals surface area contributed by atoms with Crippen molar-refractivity contribution in [3.63, 3.8) is 0 Å². The highest BCUT2D eigenvalue weighted by molar-refractivity contribution is 6.45. The van der Waals surface area contributed by atoms with Gasteiger partial charge in [0.15, 0.2) is 0 Å². The maximum Gasteiger partial charge on any atom is 0.275 e. The summed E-state index contributed by atoms with van der Waals surface area (Å²) in [5, 5.41) is 16.3. The minimum Gasteiger partial charge on any atom is -0.404 e. The average Bonchev–Trinajstić information content (AvgIpc) is 2.82. The maximum atomic E-state index is 13.1. The number of nitrogens with one attached hydrogen (secondary N) is 2. The van der Waals surface area contributed by atoms with E-state index in [1.165, 1.54) is 6.20 Å². The minimum absolute atomic E-state index is 0.184. The van der Waals surface area contributed by atoms with Crippen molar-refractivity contribution in [2.45, 2.75) is 27.3 Å². The molecule has 5 N–H and O–H groups in total. The number of nitrogens with two attached hydrogens (primary N) is 1. The molecule has 188 valence electrons. The van der Waals surface area contributed by atoms with Crippen molar-refractivity contribution in [1.82, 2.24) is 20.4 Å². The van der Waals surface area contributed by atoms with Gasteiger partial charge in [0.1, 0.15) is 11.5 Å². The Bertz CT molecular complexity index is 920. The zero-order chi connectivity index (χ0) is 25.1. The summed E-state index contributed by atoms with van der Waals surface area (Å²) >= 11 is 12.1. The van der Waals surface area contributed by atoms with Gasteiger partial charge in [0.2, 0.25) is 0 Å². The summed E-state index contributed by atoms with van der Waals surface area (Å²) in [5.74, 6) is 0.290. The lowest BCUT2D eigenvalue weighted by Crippen LogP contribution is -2.47. The molecular formula is C24H36Cl2N6O2. The fraction of sp³-hybridized carbons (Fsp3) is 0.500. The Morgan fingerprint density at radius 3 is 2.32 bits per heavy atom. The Hall–Kier alpha value is -2.10. The zero-order valence-electron chi connectivity index (χ0n) is 20.2. The van der Waals surface area contributed by atoms with Crippen molar-refractivity contribution < 1.29 is 9.90 Å². The molecule has 0 saturated carbocycles. The van der Waals surface area contributed by atoms with E-state index in [1.54, 1.807) is 19.1 Å². The fourth-order valence-corrected chi connectivity index (χ4v) is 3.82. The second-order valence-corrected chi connectivity index (χ2v) is 9.23. The molecule has 0 atom stereocenters. The highest BCUT2D eigenvalue weighted by Crippen LogP contribution is 2.22. The number of nitrogens with zero attached hydrogens (tertiary/aromatic N) is 3. The summed E-state index contributed by atoms with van der Waals surface area (Å²) < 4.78 is 0. The second kappa shape index (κ2) is 14.3. The number of aliphatic hydroxyl groups is 1. The van der Waals surface area contributed by atoms with Crippen LogP contribution in [0.1, 0.15) is 26.3 Å². The van der Waals surface area contributed by atoms with Crippen molar-refractivity contribution in [3.05, 3.63) is 57.0 Å². The van der Waals surface area contributed by atoms with E-state index >= 15 is 0 Å². The smallest absolute Gasteiger partial charge is 0.275 e. The molecule has 0 bridgehead atoms. The lowest BCUT2D eigenvalue weighted by molar-refractivity contribution is -0.114. The number of aliphatic imine (C=N–C) groups is 1. The fourth-order valence-electron chi connectivity index (χ4n) is 3.49. The van der Waals surface area contributed by atoms with E-state index in [-0.39, 0.29) is 12.5 Å². The largest absolute Gasteiger partial charge is 0.404 e. The number of β-amino-alcohol motifs (C(OH)–C–C–N with tert-alkyl or cyclic N) is 1. The quantitative estimate of drug-likeness (QED) is 0.340. The second-order valence-electron chi connectivity index (χ2n) is 8.42. The van der Waals surface area contributed by atoms with Crippen molar-refractivity contribution in [1.29, 1.82) is 0 Å². The summed E-state index contributed by atoms with van der Waals surface area (Å²) in [6.45, 7) is 11.9. The van der Waals surface area contributed by atoms with Crippen LogP contribution < -0.4 is 16.4 Å². The molecule has 2 rings (SSSR count). The van der Waals surface area contributed by atoms with Gasteiger partial charge in [0.05, 0.1) is 23.2 Å². The first-order valence-corrected chi connectivity index (χ1v) is 12.2. The summed E-state index contributed by atoms with van der Waals surface area (Å²) in [5.41, 5.74) is 8.50. The third kappa shape index (κ3) is 8.92. The first kappa shape index (κ1) is 28.1. The van der Waals surface area contributed by atoms with Crippen molar-refractivity contribution in [2.24, 2.45) is 10.7 Å². The van der Waals surface area contributed by atoms with E-state index in [4.69, 9.17) is 34.0 Å². The first-order valence-electron chi connectivity index (χ1n) is 11.4. The van der Waals surface area contributed by atoms with Crippen LogP contribution in [0.2, 0.25) is 10.0 Å². The van der Waals surface area contributed by atoms with Crippen LogP contribution in [0.3, 0.4) is 0 Å². The van der Waals surface area contributed by atoms with E-state index < -0.39 is 0 Å². The Kier molecular flexibility index (Phi) is 11.9. The molecule has 0 radical (unpaired) electrons. The Labute approximate surface area is 212 Å². The number of hydrogen-bond donors (Lipinski definition) is 4. The first-order chi connectivity index (χ1) is 16.2. The van der Waals surface area contributed by atoms with Crippen LogP contribution in [0.15, 0.2) is 46.4 Å². The number of piperazine rings is 1. The molecule has 1 saturated heterocycles. The number of carbonyl (C=O) groups is 1. The molecule has 1 aromatic carbocycles. The number of hydrogen-bond acceptors (Lipinski definition) is 7. The standard InChI is InChI=1S/C24H36Cl2N6O2/c1-17(2)23(29-16-19-4-5-20(25)21(26)14-19)30-24(34)22(18(3)15-27)28-6-7-31-8-10-32(11-9-31)12-13-33/h4-5,14-15,29,33H,6-13,16,27H2,1-3H3,(H,30,34)/b18-15-,28-22?. The van der Waals surface area contributed by atoms with Crippen molar-refractivity contribution in [2.75, 3.05) is 52.4 Å². The molecule has 1 aliphatic rings. The number of halogens is 2. The molecule has 0 aromatic heterocycles. The average molecular weight is 511 g/mol. The van der Waals surface area contributed by atoms with Crippen LogP contribution in [0.5, 0.6) is 0 Å². The molecule has 1 aromatic rings. The van der Waals surface area contributed by atoms with Gasteiger partial charge in [-0.15, -0.1) is 0 Å². The molecule has 1 fully saturated rings. The number of carbonyl (C=O) groups excluding carboxylic acids is 1. The van der Waals surface area contributed by atoms with Crippen LogP contribution in [0.4, 0.5) is 0 Å². The summed E-state index contributed by atoms with van der Waals surface area (Å²) in [6.07, 6.45) is 1.40. The van der Waals surface area contributed by atoms with Crippen LogP contribution in [-0.4, -0.2) is 78.9 Å². The monoisotopic (exact) mass is 510 g/mol. The Morgan fingerprint density at radius 2 is 1.76 bits per heavy atom. The van der Waals surface area contributed by atoms with E-state index in [9.17, 15) is 4.79 Å². The molecular weight excluding hydrogens is 475 g/mol. The maximum absolute atomic E-state index is 13.1. The molecule has 0 spiro atoms. The van der Waals surface area contributed by atoms with Gasteiger partial charge in [-0.1, -0.05) is 29.3 Å². The topological polar surface area (TPSA) is 106 Å². The van der Waals surface area contributed by atoms with Crippen molar-refractivity contribution >= 4 is 34.8 Å². The van der Waals surface area contributed by atoms with Crippen LogP contribution in [-0.2, 0) is 11.3 Å². The van der Waals surface area contributed by atoms with Gasteiger partial charge in [0.25, 0.3) is 5.91 Å². The molecule has 1 aliphatic heterocycles. The van der Waals surface area contributed by atoms with Crippen LogP contribution >= 0.6 is 23.2 Å². The number of rotatable bonds is 11. The Balaban J connectivity index is 1.98. The molecule has 1 heterocycles. The predicted octanol–water partition coefficient (Wildman–Crippen LogP) is 2.36. The molecule has 34 heavy (non-hydrogen) atoms. The summed E-state index contributed by atoms with van der Waals surface area (Å²) in [6, 6.07) is 5.41. The van der Waals surface area contributed by atoms with Gasteiger partial charge in [-0.05, 0) is 55.8 Å². The highest BCUT2D eigenvalue weighted by atomic mass is 35.5. The van der Waals surface area contributed by atoms with Crippen LogP contribution in [0.25, 0.3) is 0 Å². The lowest BCUT2D eigenvalue weighted by atomic mass is 10.1. The minimum atomic E-state index is -0.315. The molecule has 1 amide bonds. The van der Waals surface area contributed by atoms with E-state index in [1.807, 2.05) is 19.9 Å². The highest BCUT2D eigenvalue weighted by Gasteiger charge is 2.18. The van der Waals surface area contributed by atoms with Gasteiger partial charge < -0.3 is 21.5 Å². The number of allylic oxidation sites excluding steroid dienone is 1. The molecule has 8 nitrogen and oxygen atoms in total. The van der Waals surface area contributed by atoms with E-state index in [2.05, 4.69) is 25.4 Å². The number of benzene rings is 1. The summed E-state index contributed by atoms with van der Waals surface area (Å²) in [7, 11) is 0. The summed E-state index contributed by atoms with van der Waals surface area (Å²) in [4.78, 5) is 22.2. The van der Waals surface area contributed by atoms with Gasteiger partial charge in [0, 0.05) is 45.8 Å². The van der Waals surface area contributed by atoms with Gasteiger partial charge in [-0.2, -0.15) is 0 Å². The number of aliphatic hydroxyl groups excluding tert-OH is 1. The molecule has 0 unspecified atom stereocenters. The third-order valence-electron chi connectivity index (χ3n) is 5.60. The third-order valence-corrected chi connectivity index (χ3v) is 6.34. The van der Waals surface area contributed by atoms with E-state index in [0.717, 1.165) is 43.9 Å². The van der Waals surface area contributed by atoms with E-state index in [0.29, 0.717) is 46.8 Å². The zero-order valence-corrected chi connectivity index (χ0v) is 21.7. The normalized spacial score (nSPS) is 15.8. The predicted molar refractivity (Wildman–Crippen MR) is 140 cm³/mol. The van der Waals surface area contributed by atoms with Crippen molar-refractivity contribution in [3.8, 4) is 0 Å². The van der Waals surface area contributed by atoms with Crippen LogP contribution in [0, 0.1) is 0 Å². The van der Waals surface area contributed by atoms with Gasteiger partial charge in [-0.25, -0.2) is 0 Å². The molecule has 0 aliphatic carbocycles. The molecule has 10 heteroatoms. The number of amides is 1. The SMILES string of the molecule is CC(C)=C(NCc1ccc(Cl)c(Cl)c1)NC(=O)C(=NCCN1CCN(CCO)CC1)/C(C)=C\N. The Morgan fingerprint density at radius 1 is 1.12 bits per heavy atom. The van der Waals surface area contributed by atoms with Gasteiger partial charge in [-0.3, -0.25) is 19.6 Å².